The van der Waals surface area contributed by atoms with Gasteiger partial charge < -0.3 is 19.6 Å². The van der Waals surface area contributed by atoms with Crippen molar-refractivity contribution in [2.24, 2.45) is 5.92 Å². The van der Waals surface area contributed by atoms with Crippen LogP contribution in [0.15, 0.2) is 0 Å². The second kappa shape index (κ2) is 8.87. The van der Waals surface area contributed by atoms with Gasteiger partial charge in [-0.25, -0.2) is 4.79 Å². The molecular weight excluding hydrogens is 272 g/mol. The molecule has 0 heterocycles. The maximum atomic E-state index is 12.7. The molecule has 0 aromatic rings. The highest BCUT2D eigenvalue weighted by atomic mass is 16.5. The molecule has 0 bridgehead atoms. The lowest BCUT2D eigenvalue weighted by atomic mass is 10.2. The van der Waals surface area contributed by atoms with Gasteiger partial charge in [-0.1, -0.05) is 26.7 Å². The van der Waals surface area contributed by atoms with Crippen molar-refractivity contribution in [2.45, 2.75) is 45.6 Å². The van der Waals surface area contributed by atoms with Gasteiger partial charge in [0, 0.05) is 26.2 Å². The molecule has 0 aromatic heterocycles. The number of hydrogen-bond donors (Lipinski definition) is 1. The van der Waals surface area contributed by atoms with Crippen LogP contribution in [0.2, 0.25) is 0 Å². The number of ether oxygens (including phenoxy) is 1. The Morgan fingerprint density at radius 2 is 1.90 bits per heavy atom. The summed E-state index contributed by atoms with van der Waals surface area (Å²) in [4.78, 5) is 27.1. The Morgan fingerprint density at radius 1 is 1.29 bits per heavy atom. The highest BCUT2D eigenvalue weighted by Crippen LogP contribution is 2.24. The fourth-order valence-electron chi connectivity index (χ4n) is 2.80. The minimum absolute atomic E-state index is 0.0609. The van der Waals surface area contributed by atoms with Crippen molar-refractivity contribution in [3.8, 4) is 0 Å². The summed E-state index contributed by atoms with van der Waals surface area (Å²) in [6.07, 6.45) is 3.93. The number of carboxylic acid groups (broad SMARTS) is 1. The van der Waals surface area contributed by atoms with Crippen molar-refractivity contribution in [1.29, 1.82) is 0 Å². The number of aliphatic carboxylic acids is 1. The zero-order valence-electron chi connectivity index (χ0n) is 13.4. The Hall–Kier alpha value is -1.30. The summed E-state index contributed by atoms with van der Waals surface area (Å²) < 4.78 is 5.06. The first-order chi connectivity index (χ1) is 9.95. The highest BCUT2D eigenvalue weighted by Gasteiger charge is 2.31. The number of nitrogens with zero attached hydrogens (tertiary/aromatic N) is 2. The molecule has 0 radical (unpaired) electrons. The third-order valence-electron chi connectivity index (χ3n) is 3.74. The maximum absolute atomic E-state index is 12.7. The molecule has 1 aliphatic rings. The molecule has 1 aliphatic carbocycles. The van der Waals surface area contributed by atoms with Crippen LogP contribution in [0.3, 0.4) is 0 Å². The lowest BCUT2D eigenvalue weighted by Gasteiger charge is -2.34. The van der Waals surface area contributed by atoms with E-state index in [0.717, 1.165) is 25.7 Å². The second-order valence-corrected chi connectivity index (χ2v) is 6.08. The summed E-state index contributed by atoms with van der Waals surface area (Å²) in [5, 5.41) is 9.10. The Labute approximate surface area is 127 Å². The van der Waals surface area contributed by atoms with Crippen molar-refractivity contribution in [2.75, 3.05) is 33.4 Å². The summed E-state index contributed by atoms with van der Waals surface area (Å²) in [6.45, 7) is 5.45. The average Bonchev–Trinajstić information content (AvgIpc) is 2.93. The first kappa shape index (κ1) is 17.8. The smallest absolute Gasteiger partial charge is 0.323 e. The normalized spacial score (nSPS) is 15.4. The number of amides is 2. The van der Waals surface area contributed by atoms with E-state index in [1.165, 1.54) is 4.90 Å². The summed E-state index contributed by atoms with van der Waals surface area (Å²) in [5.74, 6) is -0.618. The van der Waals surface area contributed by atoms with Crippen LogP contribution in [0.25, 0.3) is 0 Å². The van der Waals surface area contributed by atoms with Gasteiger partial charge >= 0.3 is 12.0 Å². The Bertz CT molecular complexity index is 341. The molecule has 1 rings (SSSR count). The van der Waals surface area contributed by atoms with Crippen LogP contribution in [0.4, 0.5) is 4.79 Å². The first-order valence-electron chi connectivity index (χ1n) is 7.72. The van der Waals surface area contributed by atoms with E-state index in [1.807, 2.05) is 13.8 Å². The number of carbonyl (C=O) groups is 2. The predicted octanol–water partition coefficient (Wildman–Crippen LogP) is 2.04. The number of urea groups is 1. The molecule has 0 aromatic carbocycles. The molecule has 0 saturated heterocycles. The minimum atomic E-state index is -0.952. The third kappa shape index (κ3) is 5.91. The Kier molecular flexibility index (Phi) is 7.50. The van der Waals surface area contributed by atoms with E-state index in [0.29, 0.717) is 25.6 Å². The number of methoxy groups -OCH3 is 1. The van der Waals surface area contributed by atoms with E-state index in [-0.39, 0.29) is 18.6 Å². The highest BCUT2D eigenvalue weighted by molar-refractivity contribution is 5.80. The van der Waals surface area contributed by atoms with E-state index in [9.17, 15) is 9.59 Å². The molecule has 0 atom stereocenters. The molecule has 1 fully saturated rings. The van der Waals surface area contributed by atoms with Gasteiger partial charge in [0.05, 0.1) is 6.61 Å². The number of carbonyl (C=O) groups excluding carboxylic acids is 1. The van der Waals surface area contributed by atoms with E-state index in [2.05, 4.69) is 0 Å². The number of hydrogen-bond acceptors (Lipinski definition) is 3. The van der Waals surface area contributed by atoms with Gasteiger partial charge in [0.15, 0.2) is 0 Å². The van der Waals surface area contributed by atoms with Crippen LogP contribution in [0.5, 0.6) is 0 Å². The molecule has 6 nitrogen and oxygen atoms in total. The summed E-state index contributed by atoms with van der Waals surface area (Å²) in [6, 6.07) is -0.110. The van der Waals surface area contributed by atoms with Crippen LogP contribution in [0, 0.1) is 5.92 Å². The van der Waals surface area contributed by atoms with Gasteiger partial charge in [0.2, 0.25) is 0 Å². The second-order valence-electron chi connectivity index (χ2n) is 6.08. The van der Waals surface area contributed by atoms with Gasteiger partial charge in [0.25, 0.3) is 0 Å². The van der Waals surface area contributed by atoms with Gasteiger partial charge in [-0.2, -0.15) is 0 Å². The SMILES string of the molecule is COCCN(CC(C)C)C(=O)N(CC(=O)O)C1CCCC1. The molecule has 2 amide bonds. The van der Waals surface area contributed by atoms with Crippen LogP contribution in [0.1, 0.15) is 39.5 Å². The van der Waals surface area contributed by atoms with Gasteiger partial charge in [-0.3, -0.25) is 4.79 Å². The minimum Gasteiger partial charge on any atom is -0.480 e. The Balaban J connectivity index is 2.79. The van der Waals surface area contributed by atoms with E-state index in [1.54, 1.807) is 12.0 Å². The van der Waals surface area contributed by atoms with Crippen LogP contribution < -0.4 is 0 Å². The van der Waals surface area contributed by atoms with E-state index in [4.69, 9.17) is 9.84 Å². The van der Waals surface area contributed by atoms with Crippen LogP contribution in [-0.2, 0) is 9.53 Å². The van der Waals surface area contributed by atoms with Crippen molar-refractivity contribution in [3.63, 3.8) is 0 Å². The molecule has 0 spiro atoms. The predicted molar refractivity (Wildman–Crippen MR) is 80.3 cm³/mol. The summed E-state index contributed by atoms with van der Waals surface area (Å²) >= 11 is 0. The quantitative estimate of drug-likeness (QED) is 0.744. The lowest BCUT2D eigenvalue weighted by Crippen LogP contribution is -2.51. The van der Waals surface area contributed by atoms with Crippen LogP contribution in [-0.4, -0.2) is 66.3 Å². The largest absolute Gasteiger partial charge is 0.480 e. The van der Waals surface area contributed by atoms with Gasteiger partial charge in [-0.05, 0) is 18.8 Å². The van der Waals surface area contributed by atoms with Crippen LogP contribution >= 0.6 is 0 Å². The monoisotopic (exact) mass is 300 g/mol. The van der Waals surface area contributed by atoms with Crippen molar-refractivity contribution < 1.29 is 19.4 Å². The molecule has 122 valence electrons. The summed E-state index contributed by atoms with van der Waals surface area (Å²) in [5.41, 5.74) is 0. The van der Waals surface area contributed by atoms with Gasteiger partial charge in [0.1, 0.15) is 6.54 Å². The zero-order valence-corrected chi connectivity index (χ0v) is 13.4. The van der Waals surface area contributed by atoms with Crippen molar-refractivity contribution in [3.05, 3.63) is 0 Å². The fraction of sp³-hybridized carbons (Fsp3) is 0.867. The third-order valence-corrected chi connectivity index (χ3v) is 3.74. The standard InChI is InChI=1S/C15H28N2O4/c1-12(2)10-16(8-9-21-3)15(20)17(11-14(18)19)13-6-4-5-7-13/h12-13H,4-11H2,1-3H3,(H,18,19). The van der Waals surface area contributed by atoms with Gasteiger partial charge in [-0.15, -0.1) is 0 Å². The zero-order chi connectivity index (χ0) is 15.8. The topological polar surface area (TPSA) is 70.1 Å². The molecule has 1 N–H and O–H groups in total. The molecule has 1 saturated carbocycles. The molecular formula is C15H28N2O4. The summed E-state index contributed by atoms with van der Waals surface area (Å²) in [7, 11) is 1.60. The fourth-order valence-corrected chi connectivity index (χ4v) is 2.80. The van der Waals surface area contributed by atoms with Crippen molar-refractivity contribution in [1.82, 2.24) is 9.80 Å². The molecule has 21 heavy (non-hydrogen) atoms. The average molecular weight is 300 g/mol. The first-order valence-corrected chi connectivity index (χ1v) is 7.72. The molecule has 0 unspecified atom stereocenters. The lowest BCUT2D eigenvalue weighted by molar-refractivity contribution is -0.138. The van der Waals surface area contributed by atoms with E-state index < -0.39 is 5.97 Å². The van der Waals surface area contributed by atoms with Crippen molar-refractivity contribution >= 4 is 12.0 Å². The molecule has 6 heteroatoms. The number of rotatable bonds is 8. The maximum Gasteiger partial charge on any atom is 0.323 e. The number of carboxylic acids is 1. The Morgan fingerprint density at radius 3 is 2.38 bits per heavy atom. The molecule has 0 aliphatic heterocycles. The van der Waals surface area contributed by atoms with E-state index >= 15 is 0 Å².